The quantitative estimate of drug-likeness (QED) is 0.700. The van der Waals surface area contributed by atoms with Crippen molar-refractivity contribution >= 4 is 5.91 Å². The third-order valence-corrected chi connectivity index (χ3v) is 2.87. The number of hydrogen-bond acceptors (Lipinski definition) is 2. The number of nitrogens with one attached hydrogen (secondary N) is 1. The van der Waals surface area contributed by atoms with Crippen LogP contribution in [0.2, 0.25) is 0 Å². The summed E-state index contributed by atoms with van der Waals surface area (Å²) in [6.45, 7) is 9.68. The lowest BCUT2D eigenvalue weighted by Crippen LogP contribution is -2.36. The van der Waals surface area contributed by atoms with Crippen molar-refractivity contribution < 1.29 is 4.79 Å². The minimum absolute atomic E-state index is 0.248. The second-order valence-corrected chi connectivity index (χ2v) is 4.03. The first-order chi connectivity index (χ1) is 6.15. The summed E-state index contributed by atoms with van der Waals surface area (Å²) in [7, 11) is 0. The first-order valence-electron chi connectivity index (χ1n) is 5.13. The van der Waals surface area contributed by atoms with Crippen molar-refractivity contribution in [2.45, 2.75) is 20.8 Å². The maximum atomic E-state index is 11.6. The molecule has 0 aliphatic carbocycles. The molecule has 1 saturated heterocycles. The molecule has 0 aromatic carbocycles. The van der Waals surface area contributed by atoms with Crippen LogP contribution in [0.25, 0.3) is 0 Å². The van der Waals surface area contributed by atoms with E-state index in [4.69, 9.17) is 0 Å². The van der Waals surface area contributed by atoms with Gasteiger partial charge in [0, 0.05) is 13.1 Å². The molecule has 3 nitrogen and oxygen atoms in total. The molecule has 0 aromatic heterocycles. The molecular formula is C10H20N2O. The zero-order valence-corrected chi connectivity index (χ0v) is 8.84. The Hall–Kier alpha value is -0.570. The SMILES string of the molecule is CCNCC(=O)N1CC(C)C(C)C1. The van der Waals surface area contributed by atoms with E-state index in [2.05, 4.69) is 19.2 Å². The number of likely N-dealkylation sites (N-methyl/N-ethyl adjacent to an activating group) is 1. The Kier molecular flexibility index (Phi) is 3.72. The number of rotatable bonds is 3. The highest BCUT2D eigenvalue weighted by atomic mass is 16.2. The summed E-state index contributed by atoms with van der Waals surface area (Å²) in [6, 6.07) is 0. The van der Waals surface area contributed by atoms with Gasteiger partial charge in [-0.25, -0.2) is 0 Å². The van der Waals surface area contributed by atoms with Gasteiger partial charge >= 0.3 is 0 Å². The van der Waals surface area contributed by atoms with Crippen molar-refractivity contribution in [2.24, 2.45) is 11.8 Å². The molecule has 0 saturated carbocycles. The summed E-state index contributed by atoms with van der Waals surface area (Å²) < 4.78 is 0. The Morgan fingerprint density at radius 3 is 2.38 bits per heavy atom. The molecule has 0 aromatic rings. The van der Waals surface area contributed by atoms with E-state index in [0.717, 1.165) is 19.6 Å². The van der Waals surface area contributed by atoms with Crippen LogP contribution < -0.4 is 5.32 Å². The van der Waals surface area contributed by atoms with E-state index in [0.29, 0.717) is 18.4 Å². The van der Waals surface area contributed by atoms with Crippen molar-refractivity contribution in [1.82, 2.24) is 10.2 Å². The first kappa shape index (κ1) is 10.5. The Morgan fingerprint density at radius 1 is 1.38 bits per heavy atom. The predicted octanol–water partition coefficient (Wildman–Crippen LogP) is 0.710. The van der Waals surface area contributed by atoms with Gasteiger partial charge in [0.15, 0.2) is 0 Å². The summed E-state index contributed by atoms with van der Waals surface area (Å²) in [4.78, 5) is 13.5. The fourth-order valence-electron chi connectivity index (χ4n) is 1.68. The molecule has 13 heavy (non-hydrogen) atoms. The molecule has 1 rings (SSSR count). The van der Waals surface area contributed by atoms with Crippen molar-refractivity contribution in [1.29, 1.82) is 0 Å². The number of amides is 1. The summed E-state index contributed by atoms with van der Waals surface area (Å²) in [5.74, 6) is 1.56. The Bertz CT molecular complexity index is 172. The van der Waals surface area contributed by atoms with E-state index >= 15 is 0 Å². The number of carbonyl (C=O) groups excluding carboxylic acids is 1. The summed E-state index contributed by atoms with van der Waals surface area (Å²) >= 11 is 0. The molecule has 1 amide bonds. The molecule has 1 fully saturated rings. The molecule has 1 N–H and O–H groups in total. The summed E-state index contributed by atoms with van der Waals surface area (Å²) in [5.41, 5.74) is 0. The number of carbonyl (C=O) groups is 1. The highest BCUT2D eigenvalue weighted by Crippen LogP contribution is 2.21. The second-order valence-electron chi connectivity index (χ2n) is 4.03. The van der Waals surface area contributed by atoms with Gasteiger partial charge in [-0.3, -0.25) is 4.79 Å². The van der Waals surface area contributed by atoms with Gasteiger partial charge in [-0.15, -0.1) is 0 Å². The highest BCUT2D eigenvalue weighted by Gasteiger charge is 2.28. The third-order valence-electron chi connectivity index (χ3n) is 2.87. The van der Waals surface area contributed by atoms with Crippen molar-refractivity contribution in [3.63, 3.8) is 0 Å². The largest absolute Gasteiger partial charge is 0.341 e. The Labute approximate surface area is 80.5 Å². The van der Waals surface area contributed by atoms with E-state index in [1.165, 1.54) is 0 Å². The van der Waals surface area contributed by atoms with Gasteiger partial charge in [-0.1, -0.05) is 20.8 Å². The average Bonchev–Trinajstić information content (AvgIpc) is 2.43. The van der Waals surface area contributed by atoms with Crippen LogP contribution in [0.3, 0.4) is 0 Å². The number of hydrogen-bond donors (Lipinski definition) is 1. The lowest BCUT2D eigenvalue weighted by Gasteiger charge is -2.15. The molecule has 76 valence electrons. The van der Waals surface area contributed by atoms with E-state index in [9.17, 15) is 4.79 Å². The van der Waals surface area contributed by atoms with E-state index < -0.39 is 0 Å². The van der Waals surface area contributed by atoms with E-state index in [1.54, 1.807) is 0 Å². The predicted molar refractivity (Wildman–Crippen MR) is 53.5 cm³/mol. The molecule has 1 aliphatic heterocycles. The molecule has 3 heteroatoms. The third kappa shape index (κ3) is 2.69. The van der Waals surface area contributed by atoms with E-state index in [1.807, 2.05) is 11.8 Å². The molecule has 0 spiro atoms. The van der Waals surface area contributed by atoms with Gasteiger partial charge in [0.1, 0.15) is 0 Å². The molecule has 0 bridgehead atoms. The van der Waals surface area contributed by atoms with Crippen LogP contribution in [0.15, 0.2) is 0 Å². The lowest BCUT2D eigenvalue weighted by molar-refractivity contribution is -0.129. The minimum Gasteiger partial charge on any atom is -0.341 e. The highest BCUT2D eigenvalue weighted by molar-refractivity contribution is 5.78. The summed E-state index contributed by atoms with van der Waals surface area (Å²) in [6.07, 6.45) is 0. The van der Waals surface area contributed by atoms with Crippen LogP contribution in [-0.4, -0.2) is 37.0 Å². The van der Waals surface area contributed by atoms with Gasteiger partial charge in [0.2, 0.25) is 5.91 Å². The molecule has 2 unspecified atom stereocenters. The number of nitrogens with zero attached hydrogens (tertiary/aromatic N) is 1. The molecular weight excluding hydrogens is 164 g/mol. The van der Waals surface area contributed by atoms with Crippen LogP contribution >= 0.6 is 0 Å². The molecule has 0 radical (unpaired) electrons. The number of likely N-dealkylation sites (tertiary alicyclic amines) is 1. The average molecular weight is 184 g/mol. The van der Waals surface area contributed by atoms with Gasteiger partial charge in [-0.05, 0) is 18.4 Å². The molecule has 2 atom stereocenters. The zero-order valence-electron chi connectivity index (χ0n) is 8.84. The van der Waals surface area contributed by atoms with Crippen LogP contribution in [0.1, 0.15) is 20.8 Å². The van der Waals surface area contributed by atoms with Gasteiger partial charge in [0.05, 0.1) is 6.54 Å². The Balaban J connectivity index is 2.33. The zero-order chi connectivity index (χ0) is 9.84. The van der Waals surface area contributed by atoms with Crippen LogP contribution in [0, 0.1) is 11.8 Å². The first-order valence-corrected chi connectivity index (χ1v) is 5.13. The topological polar surface area (TPSA) is 32.3 Å². The van der Waals surface area contributed by atoms with Crippen LogP contribution in [-0.2, 0) is 4.79 Å². The molecule has 1 heterocycles. The van der Waals surface area contributed by atoms with Crippen LogP contribution in [0.5, 0.6) is 0 Å². The van der Waals surface area contributed by atoms with Crippen molar-refractivity contribution in [2.75, 3.05) is 26.2 Å². The molecule has 1 aliphatic rings. The monoisotopic (exact) mass is 184 g/mol. The standard InChI is InChI=1S/C10H20N2O/c1-4-11-5-10(13)12-6-8(2)9(3)7-12/h8-9,11H,4-7H2,1-3H3. The smallest absolute Gasteiger partial charge is 0.236 e. The Morgan fingerprint density at radius 2 is 1.92 bits per heavy atom. The fourth-order valence-corrected chi connectivity index (χ4v) is 1.68. The van der Waals surface area contributed by atoms with E-state index in [-0.39, 0.29) is 5.91 Å². The van der Waals surface area contributed by atoms with Gasteiger partial charge < -0.3 is 10.2 Å². The minimum atomic E-state index is 0.248. The van der Waals surface area contributed by atoms with Gasteiger partial charge in [0.25, 0.3) is 0 Å². The van der Waals surface area contributed by atoms with Crippen molar-refractivity contribution in [3.05, 3.63) is 0 Å². The second kappa shape index (κ2) is 4.61. The summed E-state index contributed by atoms with van der Waals surface area (Å²) in [5, 5.41) is 3.06. The maximum absolute atomic E-state index is 11.6. The van der Waals surface area contributed by atoms with Crippen LogP contribution in [0.4, 0.5) is 0 Å². The normalized spacial score (nSPS) is 28.1. The fraction of sp³-hybridized carbons (Fsp3) is 0.900. The lowest BCUT2D eigenvalue weighted by atomic mass is 10.0. The van der Waals surface area contributed by atoms with Crippen molar-refractivity contribution in [3.8, 4) is 0 Å². The van der Waals surface area contributed by atoms with Gasteiger partial charge in [-0.2, -0.15) is 0 Å². The maximum Gasteiger partial charge on any atom is 0.236 e.